The Bertz CT molecular complexity index is 591. The van der Waals surface area contributed by atoms with E-state index in [1.54, 1.807) is 6.07 Å². The van der Waals surface area contributed by atoms with Crippen LogP contribution in [0.1, 0.15) is 10.5 Å². The van der Waals surface area contributed by atoms with Crippen LogP contribution in [-0.2, 0) is 11.3 Å². The zero-order chi connectivity index (χ0) is 15.2. The average molecular weight is 301 g/mol. The van der Waals surface area contributed by atoms with Crippen molar-refractivity contribution in [3.8, 4) is 0 Å². The minimum absolute atomic E-state index is 0.201. The minimum Gasteiger partial charge on any atom is -0.378 e. The molecule has 1 fully saturated rings. The molecule has 2 aromatic rings. The highest BCUT2D eigenvalue weighted by Gasteiger charge is 2.14. The van der Waals surface area contributed by atoms with E-state index in [4.69, 9.17) is 4.74 Å². The second-order valence-electron chi connectivity index (χ2n) is 5.05. The van der Waals surface area contributed by atoms with Crippen molar-refractivity contribution in [2.24, 2.45) is 0 Å². The Kier molecular flexibility index (Phi) is 4.65. The van der Waals surface area contributed by atoms with Crippen molar-refractivity contribution < 1.29 is 9.53 Å². The molecule has 0 unspecified atom stereocenters. The summed E-state index contributed by atoms with van der Waals surface area (Å²) in [5, 5.41) is 11.0. The summed E-state index contributed by atoms with van der Waals surface area (Å²) in [6.45, 7) is 4.29. The van der Waals surface area contributed by atoms with Crippen LogP contribution in [0.2, 0.25) is 0 Å². The highest BCUT2D eigenvalue weighted by molar-refractivity contribution is 5.92. The van der Waals surface area contributed by atoms with Crippen molar-refractivity contribution in [3.05, 3.63) is 42.4 Å². The number of nitrogens with one attached hydrogen (secondary N) is 1. The molecule has 116 valence electrons. The first-order valence-corrected chi connectivity index (χ1v) is 7.38. The molecule has 0 atom stereocenters. The molecule has 0 saturated carbocycles. The van der Waals surface area contributed by atoms with E-state index in [9.17, 15) is 4.79 Å². The molecule has 0 aromatic carbocycles. The second-order valence-corrected chi connectivity index (χ2v) is 5.05. The Morgan fingerprint density at radius 3 is 2.64 bits per heavy atom. The van der Waals surface area contributed by atoms with Crippen molar-refractivity contribution in [1.29, 1.82) is 0 Å². The van der Waals surface area contributed by atoms with Gasteiger partial charge in [-0.2, -0.15) is 0 Å². The predicted molar refractivity (Wildman–Crippen MR) is 81.8 cm³/mol. The zero-order valence-electron chi connectivity index (χ0n) is 12.3. The molecular formula is C15H19N5O2. The summed E-state index contributed by atoms with van der Waals surface area (Å²) in [6.07, 6.45) is 3.92. The summed E-state index contributed by atoms with van der Waals surface area (Å²) in [7, 11) is 0. The lowest BCUT2D eigenvalue weighted by atomic mass is 10.3. The topological polar surface area (TPSA) is 72.3 Å². The maximum atomic E-state index is 12.0. The molecule has 1 aliphatic heterocycles. The number of hydrogen-bond acceptors (Lipinski definition) is 5. The Morgan fingerprint density at radius 1 is 1.18 bits per heavy atom. The smallest absolute Gasteiger partial charge is 0.271 e. The average Bonchev–Trinajstić information content (AvgIpc) is 3.09. The molecule has 1 aliphatic rings. The van der Waals surface area contributed by atoms with Crippen LogP contribution in [-0.4, -0.2) is 53.5 Å². The number of anilines is 1. The summed E-state index contributed by atoms with van der Waals surface area (Å²) in [5.74, 6) is 0.584. The van der Waals surface area contributed by atoms with E-state index < -0.39 is 0 Å². The largest absolute Gasteiger partial charge is 0.378 e. The molecule has 1 saturated heterocycles. The molecule has 7 nitrogen and oxygen atoms in total. The van der Waals surface area contributed by atoms with E-state index in [1.165, 1.54) is 0 Å². The summed E-state index contributed by atoms with van der Waals surface area (Å²) < 4.78 is 7.31. The van der Waals surface area contributed by atoms with Gasteiger partial charge in [0.25, 0.3) is 5.91 Å². The first-order valence-electron chi connectivity index (χ1n) is 7.38. The quantitative estimate of drug-likeness (QED) is 0.873. The van der Waals surface area contributed by atoms with E-state index in [-0.39, 0.29) is 5.91 Å². The molecule has 2 aromatic heterocycles. The summed E-state index contributed by atoms with van der Waals surface area (Å²) >= 11 is 0. The lowest BCUT2D eigenvalue weighted by molar-refractivity contribution is 0.0946. The number of carbonyl (C=O) groups is 1. The summed E-state index contributed by atoms with van der Waals surface area (Å²) in [4.78, 5) is 14.1. The maximum absolute atomic E-state index is 12.0. The highest BCUT2D eigenvalue weighted by atomic mass is 16.5. The van der Waals surface area contributed by atoms with Crippen LogP contribution < -0.4 is 10.2 Å². The van der Waals surface area contributed by atoms with Gasteiger partial charge in [-0.15, -0.1) is 10.2 Å². The Labute approximate surface area is 128 Å². The first-order chi connectivity index (χ1) is 10.8. The van der Waals surface area contributed by atoms with Gasteiger partial charge in [-0.05, 0) is 24.3 Å². The van der Waals surface area contributed by atoms with Gasteiger partial charge in [0, 0.05) is 38.6 Å². The maximum Gasteiger partial charge on any atom is 0.271 e. The summed E-state index contributed by atoms with van der Waals surface area (Å²) in [6, 6.07) is 7.46. The minimum atomic E-state index is -0.201. The third kappa shape index (κ3) is 3.62. The molecule has 0 radical (unpaired) electrons. The number of hydrogen-bond donors (Lipinski definition) is 1. The Morgan fingerprint density at radius 2 is 1.95 bits per heavy atom. The van der Waals surface area contributed by atoms with Crippen LogP contribution in [0.5, 0.6) is 0 Å². The van der Waals surface area contributed by atoms with Crippen LogP contribution >= 0.6 is 0 Å². The normalized spacial score (nSPS) is 14.8. The van der Waals surface area contributed by atoms with E-state index >= 15 is 0 Å². The predicted octanol–water partition coefficient (Wildman–Crippen LogP) is 0.545. The van der Waals surface area contributed by atoms with Crippen LogP contribution in [0.25, 0.3) is 0 Å². The SMILES string of the molecule is O=C(NCCn1cccc1)c1ccc(N2CCOCC2)nn1. The Hall–Kier alpha value is -2.41. The van der Waals surface area contributed by atoms with Crippen LogP contribution in [0.15, 0.2) is 36.7 Å². The molecule has 1 amide bonds. The number of aromatic nitrogens is 3. The van der Waals surface area contributed by atoms with Crippen molar-refractivity contribution in [1.82, 2.24) is 20.1 Å². The fourth-order valence-electron chi connectivity index (χ4n) is 2.32. The third-order valence-electron chi connectivity index (χ3n) is 3.54. The number of carbonyl (C=O) groups excluding carboxylic acids is 1. The fraction of sp³-hybridized carbons (Fsp3) is 0.400. The molecule has 0 aliphatic carbocycles. The molecular weight excluding hydrogens is 282 g/mol. The van der Waals surface area contributed by atoms with E-state index in [0.29, 0.717) is 25.5 Å². The van der Waals surface area contributed by atoms with Gasteiger partial charge in [-0.3, -0.25) is 4.79 Å². The zero-order valence-corrected chi connectivity index (χ0v) is 12.3. The molecule has 1 N–H and O–H groups in total. The number of morpholine rings is 1. The van der Waals surface area contributed by atoms with Crippen LogP contribution in [0.4, 0.5) is 5.82 Å². The van der Waals surface area contributed by atoms with Crippen LogP contribution in [0.3, 0.4) is 0 Å². The lowest BCUT2D eigenvalue weighted by Crippen LogP contribution is -2.37. The van der Waals surface area contributed by atoms with Crippen molar-refractivity contribution in [2.75, 3.05) is 37.7 Å². The Balaban J connectivity index is 1.51. The lowest BCUT2D eigenvalue weighted by Gasteiger charge is -2.27. The van der Waals surface area contributed by atoms with Crippen molar-refractivity contribution in [2.45, 2.75) is 6.54 Å². The number of amides is 1. The van der Waals surface area contributed by atoms with Gasteiger partial charge in [0.2, 0.25) is 0 Å². The molecule has 0 bridgehead atoms. The molecule has 3 rings (SSSR count). The first kappa shape index (κ1) is 14.5. The summed E-state index contributed by atoms with van der Waals surface area (Å²) in [5.41, 5.74) is 0.338. The van der Waals surface area contributed by atoms with Gasteiger partial charge >= 0.3 is 0 Å². The second kappa shape index (κ2) is 7.04. The van der Waals surface area contributed by atoms with Gasteiger partial charge in [0.05, 0.1) is 13.2 Å². The van der Waals surface area contributed by atoms with Gasteiger partial charge < -0.3 is 19.5 Å². The van der Waals surface area contributed by atoms with Gasteiger partial charge in [-0.25, -0.2) is 0 Å². The van der Waals surface area contributed by atoms with E-state index in [2.05, 4.69) is 20.4 Å². The van der Waals surface area contributed by atoms with Crippen LogP contribution in [0, 0.1) is 0 Å². The van der Waals surface area contributed by atoms with E-state index in [1.807, 2.05) is 35.2 Å². The van der Waals surface area contributed by atoms with Crippen molar-refractivity contribution in [3.63, 3.8) is 0 Å². The number of rotatable bonds is 5. The van der Waals surface area contributed by atoms with Gasteiger partial charge in [-0.1, -0.05) is 0 Å². The van der Waals surface area contributed by atoms with E-state index in [0.717, 1.165) is 25.5 Å². The molecule has 22 heavy (non-hydrogen) atoms. The van der Waals surface area contributed by atoms with Gasteiger partial charge in [0.15, 0.2) is 11.5 Å². The third-order valence-corrected chi connectivity index (χ3v) is 3.54. The number of nitrogens with zero attached hydrogens (tertiary/aromatic N) is 4. The standard InChI is InChI=1S/C15H19N5O2/c21-15(16-5-8-19-6-1-2-7-19)13-3-4-14(18-17-13)20-9-11-22-12-10-20/h1-4,6-7H,5,8-12H2,(H,16,21). The monoisotopic (exact) mass is 301 g/mol. The van der Waals surface area contributed by atoms with Gasteiger partial charge in [0.1, 0.15) is 0 Å². The molecule has 3 heterocycles. The van der Waals surface area contributed by atoms with Crippen molar-refractivity contribution >= 4 is 11.7 Å². The highest BCUT2D eigenvalue weighted by Crippen LogP contribution is 2.11. The fourth-order valence-corrected chi connectivity index (χ4v) is 2.32. The number of ether oxygens (including phenoxy) is 1. The molecule has 7 heteroatoms. The molecule has 0 spiro atoms.